The molecule has 2 amide bonds. The van der Waals surface area contributed by atoms with Crippen LogP contribution in [0.2, 0.25) is 0 Å². The molecule has 0 bridgehead atoms. The summed E-state index contributed by atoms with van der Waals surface area (Å²) in [6.07, 6.45) is 0.201. The highest BCUT2D eigenvalue weighted by atomic mass is 16.2. The molecule has 3 aromatic rings. The topological polar surface area (TPSA) is 58.2 Å². The average molecular weight is 386 g/mol. The lowest BCUT2D eigenvalue weighted by molar-refractivity contribution is -0.122. The Morgan fingerprint density at radius 3 is 1.86 bits per heavy atom. The van der Waals surface area contributed by atoms with Crippen LogP contribution in [0, 0.1) is 6.92 Å². The molecule has 4 heteroatoms. The molecule has 0 aliphatic heterocycles. The Morgan fingerprint density at radius 2 is 1.31 bits per heavy atom. The Labute approximate surface area is 172 Å². The quantitative estimate of drug-likeness (QED) is 0.639. The average Bonchev–Trinajstić information content (AvgIpc) is 2.75. The summed E-state index contributed by atoms with van der Waals surface area (Å²) < 4.78 is 0. The van der Waals surface area contributed by atoms with Crippen LogP contribution < -0.4 is 10.6 Å². The summed E-state index contributed by atoms with van der Waals surface area (Å²) in [4.78, 5) is 25.1. The van der Waals surface area contributed by atoms with Gasteiger partial charge in [-0.05, 0) is 36.6 Å². The van der Waals surface area contributed by atoms with E-state index in [9.17, 15) is 9.59 Å². The van der Waals surface area contributed by atoms with E-state index in [-0.39, 0.29) is 24.8 Å². The van der Waals surface area contributed by atoms with Gasteiger partial charge in [0.1, 0.15) is 0 Å². The summed E-state index contributed by atoms with van der Waals surface area (Å²) >= 11 is 0. The number of carbonyl (C=O) groups excluding carboxylic acids is 2. The minimum absolute atomic E-state index is 0.120. The summed E-state index contributed by atoms with van der Waals surface area (Å²) in [7, 11) is 0. The Hall–Kier alpha value is -3.40. The number of hydrogen-bond donors (Lipinski definition) is 2. The van der Waals surface area contributed by atoms with Gasteiger partial charge in [-0.1, -0.05) is 78.9 Å². The number of benzene rings is 3. The highest BCUT2D eigenvalue weighted by molar-refractivity contribution is 5.95. The number of hydrogen-bond acceptors (Lipinski definition) is 2. The number of rotatable bonds is 7. The molecule has 3 aromatic carbocycles. The van der Waals surface area contributed by atoms with Crippen molar-refractivity contribution in [3.8, 4) is 0 Å². The summed E-state index contributed by atoms with van der Waals surface area (Å²) in [5.41, 5.74) is 2.90. The van der Waals surface area contributed by atoms with Crippen LogP contribution in [-0.2, 0) is 10.3 Å². The van der Waals surface area contributed by atoms with Crippen molar-refractivity contribution in [2.24, 2.45) is 0 Å². The first-order valence-electron chi connectivity index (χ1n) is 9.76. The van der Waals surface area contributed by atoms with Crippen molar-refractivity contribution in [3.63, 3.8) is 0 Å². The van der Waals surface area contributed by atoms with Crippen LogP contribution in [0.5, 0.6) is 0 Å². The normalized spacial score (nSPS) is 11.0. The lowest BCUT2D eigenvalue weighted by atomic mass is 9.84. The van der Waals surface area contributed by atoms with Crippen molar-refractivity contribution in [2.75, 3.05) is 6.54 Å². The van der Waals surface area contributed by atoms with Crippen molar-refractivity contribution in [1.82, 2.24) is 10.6 Å². The lowest BCUT2D eigenvalue weighted by Gasteiger charge is -2.32. The highest BCUT2D eigenvalue weighted by Crippen LogP contribution is 2.29. The molecule has 0 saturated carbocycles. The van der Waals surface area contributed by atoms with Crippen LogP contribution in [0.1, 0.15) is 40.4 Å². The predicted molar refractivity (Wildman–Crippen MR) is 116 cm³/mol. The summed E-state index contributed by atoms with van der Waals surface area (Å²) in [5, 5.41) is 6.00. The lowest BCUT2D eigenvalue weighted by Crippen LogP contribution is -2.45. The minimum Gasteiger partial charge on any atom is -0.352 e. The Balaban J connectivity index is 1.67. The molecular weight excluding hydrogens is 360 g/mol. The third-order valence-electron chi connectivity index (χ3n) is 5.12. The monoisotopic (exact) mass is 386 g/mol. The molecule has 3 rings (SSSR count). The smallest absolute Gasteiger partial charge is 0.251 e. The van der Waals surface area contributed by atoms with E-state index >= 15 is 0 Å². The Bertz CT molecular complexity index is 929. The number of amides is 2. The first-order valence-corrected chi connectivity index (χ1v) is 9.76. The van der Waals surface area contributed by atoms with Gasteiger partial charge in [-0.3, -0.25) is 9.59 Å². The molecule has 29 heavy (non-hydrogen) atoms. The standard InChI is InChI=1S/C25H26N2O2/c1-19-11-9-10-16-22(19)24(29)26-18-17-23(28)27-25(2,20-12-5-3-6-13-20)21-14-7-4-8-15-21/h3-16H,17-18H2,1-2H3,(H,26,29)(H,27,28). The summed E-state index contributed by atoms with van der Waals surface area (Å²) in [6.45, 7) is 4.17. The van der Waals surface area contributed by atoms with Gasteiger partial charge in [0, 0.05) is 18.5 Å². The van der Waals surface area contributed by atoms with Crippen molar-refractivity contribution in [1.29, 1.82) is 0 Å². The predicted octanol–water partition coefficient (Wildman–Crippen LogP) is 4.19. The zero-order chi connectivity index (χ0) is 20.7. The molecule has 4 nitrogen and oxygen atoms in total. The summed E-state index contributed by atoms with van der Waals surface area (Å²) in [5.74, 6) is -0.282. The van der Waals surface area contributed by atoms with Gasteiger partial charge in [0.15, 0.2) is 0 Å². The molecule has 0 fully saturated rings. The second-order valence-corrected chi connectivity index (χ2v) is 7.23. The minimum atomic E-state index is -0.653. The van der Waals surface area contributed by atoms with E-state index in [4.69, 9.17) is 0 Å². The summed E-state index contributed by atoms with van der Waals surface area (Å²) in [6, 6.07) is 27.2. The van der Waals surface area contributed by atoms with E-state index in [0.717, 1.165) is 16.7 Å². The third-order valence-corrected chi connectivity index (χ3v) is 5.12. The molecule has 0 aliphatic rings. The zero-order valence-corrected chi connectivity index (χ0v) is 16.8. The van der Waals surface area contributed by atoms with Gasteiger partial charge in [-0.2, -0.15) is 0 Å². The molecule has 0 unspecified atom stereocenters. The maximum atomic E-state index is 12.7. The fourth-order valence-electron chi connectivity index (χ4n) is 3.41. The molecule has 0 aliphatic carbocycles. The van der Waals surface area contributed by atoms with E-state index in [0.29, 0.717) is 5.56 Å². The zero-order valence-electron chi connectivity index (χ0n) is 16.8. The highest BCUT2D eigenvalue weighted by Gasteiger charge is 2.30. The molecular formula is C25H26N2O2. The number of carbonyl (C=O) groups is 2. The third kappa shape index (κ3) is 4.91. The van der Waals surface area contributed by atoms with Gasteiger partial charge in [0.2, 0.25) is 5.91 Å². The molecule has 0 atom stereocenters. The maximum absolute atomic E-state index is 12.7. The van der Waals surface area contributed by atoms with Gasteiger partial charge in [0.05, 0.1) is 5.54 Å². The van der Waals surface area contributed by atoms with Crippen LogP contribution in [0.15, 0.2) is 84.9 Å². The van der Waals surface area contributed by atoms with Crippen LogP contribution in [0.4, 0.5) is 0 Å². The van der Waals surface area contributed by atoms with Crippen LogP contribution in [-0.4, -0.2) is 18.4 Å². The van der Waals surface area contributed by atoms with Gasteiger partial charge < -0.3 is 10.6 Å². The first kappa shape index (κ1) is 20.3. The molecule has 2 N–H and O–H groups in total. The molecule has 0 spiro atoms. The van der Waals surface area contributed by atoms with Gasteiger partial charge in [-0.25, -0.2) is 0 Å². The fraction of sp³-hybridized carbons (Fsp3) is 0.200. The number of nitrogens with one attached hydrogen (secondary N) is 2. The molecule has 0 radical (unpaired) electrons. The van der Waals surface area contributed by atoms with E-state index in [1.807, 2.05) is 92.7 Å². The molecule has 148 valence electrons. The Kier molecular flexibility index (Phi) is 6.45. The van der Waals surface area contributed by atoms with E-state index in [2.05, 4.69) is 10.6 Å². The SMILES string of the molecule is Cc1ccccc1C(=O)NCCC(=O)NC(C)(c1ccccc1)c1ccccc1. The second kappa shape index (κ2) is 9.20. The van der Waals surface area contributed by atoms with Crippen molar-refractivity contribution in [3.05, 3.63) is 107 Å². The van der Waals surface area contributed by atoms with Crippen molar-refractivity contribution < 1.29 is 9.59 Å². The van der Waals surface area contributed by atoms with Gasteiger partial charge in [-0.15, -0.1) is 0 Å². The molecule has 0 saturated heterocycles. The van der Waals surface area contributed by atoms with Gasteiger partial charge >= 0.3 is 0 Å². The van der Waals surface area contributed by atoms with Crippen molar-refractivity contribution >= 4 is 11.8 Å². The van der Waals surface area contributed by atoms with Crippen molar-refractivity contribution in [2.45, 2.75) is 25.8 Å². The molecule has 0 aromatic heterocycles. The van der Waals surface area contributed by atoms with Gasteiger partial charge in [0.25, 0.3) is 5.91 Å². The van der Waals surface area contributed by atoms with Crippen LogP contribution >= 0.6 is 0 Å². The maximum Gasteiger partial charge on any atom is 0.251 e. The molecule has 0 heterocycles. The second-order valence-electron chi connectivity index (χ2n) is 7.23. The Morgan fingerprint density at radius 1 is 0.793 bits per heavy atom. The van der Waals surface area contributed by atoms with E-state index < -0.39 is 5.54 Å². The van der Waals surface area contributed by atoms with E-state index in [1.54, 1.807) is 6.07 Å². The number of aryl methyl sites for hydroxylation is 1. The first-order chi connectivity index (χ1) is 14.0. The van der Waals surface area contributed by atoms with Crippen LogP contribution in [0.3, 0.4) is 0 Å². The van der Waals surface area contributed by atoms with E-state index in [1.165, 1.54) is 0 Å². The largest absolute Gasteiger partial charge is 0.352 e. The van der Waals surface area contributed by atoms with Crippen LogP contribution in [0.25, 0.3) is 0 Å². The fourth-order valence-corrected chi connectivity index (χ4v) is 3.41.